The monoisotopic (exact) mass is 502 g/mol. The molecule has 10 nitrogen and oxygen atoms in total. The zero-order valence-corrected chi connectivity index (χ0v) is 19.2. The van der Waals surface area contributed by atoms with E-state index in [1.807, 2.05) is 0 Å². The molecule has 0 radical (unpaired) electrons. The van der Waals surface area contributed by atoms with E-state index in [0.717, 1.165) is 17.3 Å². The third-order valence-electron chi connectivity index (χ3n) is 4.55. The number of benzene rings is 2. The molecule has 0 saturated carbocycles. The molecule has 34 heavy (non-hydrogen) atoms. The van der Waals surface area contributed by atoms with Crippen LogP contribution in [0.5, 0.6) is 11.5 Å². The van der Waals surface area contributed by atoms with Crippen LogP contribution >= 0.6 is 11.8 Å². The van der Waals surface area contributed by atoms with Gasteiger partial charge in [-0.2, -0.15) is 10.0 Å². The highest BCUT2D eigenvalue weighted by atomic mass is 32.3. The van der Waals surface area contributed by atoms with Crippen molar-refractivity contribution in [2.45, 2.75) is 0 Å². The van der Waals surface area contributed by atoms with Gasteiger partial charge in [-0.15, -0.1) is 5.10 Å². The maximum atomic E-state index is 13.9. The highest BCUT2D eigenvalue weighted by Crippen LogP contribution is 2.32. The van der Waals surface area contributed by atoms with Gasteiger partial charge in [0.25, 0.3) is 5.91 Å². The zero-order valence-electron chi connectivity index (χ0n) is 17.6. The summed E-state index contributed by atoms with van der Waals surface area (Å²) >= 11 is 0.684. The number of carbonyl (C=O) groups is 2. The van der Waals surface area contributed by atoms with Gasteiger partial charge in [0.2, 0.25) is 19.4 Å². The number of carbonyl (C=O) groups excluding carboxylic acids is 2. The first-order chi connectivity index (χ1) is 16.1. The van der Waals surface area contributed by atoms with Crippen LogP contribution in [-0.4, -0.2) is 54.0 Å². The van der Waals surface area contributed by atoms with Gasteiger partial charge in [0.05, 0.1) is 18.2 Å². The number of rotatable bonds is 4. The Bertz CT molecular complexity index is 1450. The van der Waals surface area contributed by atoms with Crippen molar-refractivity contribution in [2.24, 2.45) is 10.1 Å². The van der Waals surface area contributed by atoms with E-state index in [4.69, 9.17) is 14.9 Å². The molecule has 0 saturated heterocycles. The summed E-state index contributed by atoms with van der Waals surface area (Å²) in [7, 11) is -2.31. The molecule has 0 aromatic heterocycles. The van der Waals surface area contributed by atoms with Crippen LogP contribution in [0.15, 0.2) is 58.1 Å². The predicted molar refractivity (Wildman–Crippen MR) is 124 cm³/mol. The Kier molecular flexibility index (Phi) is 6.06. The fourth-order valence-electron chi connectivity index (χ4n) is 2.93. The normalized spacial score (nSPS) is 16.8. The van der Waals surface area contributed by atoms with Crippen LogP contribution in [0.3, 0.4) is 0 Å². The molecule has 2 aliphatic heterocycles. The second-order valence-corrected chi connectivity index (χ2v) is 10.1. The van der Waals surface area contributed by atoms with Crippen molar-refractivity contribution in [2.75, 3.05) is 13.4 Å². The van der Waals surface area contributed by atoms with Crippen LogP contribution < -0.4 is 9.47 Å². The summed E-state index contributed by atoms with van der Waals surface area (Å²) in [6.45, 7) is 0. The van der Waals surface area contributed by atoms with Gasteiger partial charge in [0.15, 0.2) is 17.3 Å². The molecule has 0 fully saturated rings. The van der Waals surface area contributed by atoms with Crippen LogP contribution in [0.1, 0.15) is 15.9 Å². The Labute approximate surface area is 197 Å². The number of ether oxygens (including phenoxy) is 2. The van der Waals surface area contributed by atoms with Crippen LogP contribution in [-0.2, 0) is 14.6 Å². The van der Waals surface area contributed by atoms with Crippen molar-refractivity contribution in [3.63, 3.8) is 0 Å². The third-order valence-corrected chi connectivity index (χ3v) is 7.13. The fraction of sp³-hybridized carbons (Fsp3) is 0.0952. The van der Waals surface area contributed by atoms with Crippen molar-refractivity contribution >= 4 is 54.9 Å². The van der Waals surface area contributed by atoms with Crippen molar-refractivity contribution in [1.82, 2.24) is 5.01 Å². The van der Waals surface area contributed by atoms with E-state index in [2.05, 4.69) is 10.1 Å². The molecule has 2 heterocycles. The maximum absolute atomic E-state index is 13.9. The third kappa shape index (κ3) is 4.47. The first-order valence-electron chi connectivity index (χ1n) is 9.43. The lowest BCUT2D eigenvalue weighted by molar-refractivity contribution is -0.114. The first-order valence-corrected chi connectivity index (χ1v) is 12.1. The molecular formula is C21H15FN4O6S2. The number of nitrogens with one attached hydrogen (secondary N) is 1. The van der Waals surface area contributed by atoms with Gasteiger partial charge in [-0.1, -0.05) is 18.2 Å². The van der Waals surface area contributed by atoms with Gasteiger partial charge < -0.3 is 9.47 Å². The van der Waals surface area contributed by atoms with Gasteiger partial charge in [-0.3, -0.25) is 10.2 Å². The summed E-state index contributed by atoms with van der Waals surface area (Å²) in [4.78, 5) is 28.6. The van der Waals surface area contributed by atoms with Gasteiger partial charge in [-0.25, -0.2) is 17.6 Å². The van der Waals surface area contributed by atoms with E-state index >= 15 is 0 Å². The van der Waals surface area contributed by atoms with Crippen LogP contribution in [0, 0.1) is 11.2 Å². The summed E-state index contributed by atoms with van der Waals surface area (Å²) in [6, 6.07) is 9.69. The molecule has 0 bridgehead atoms. The Morgan fingerprint density at radius 3 is 2.62 bits per heavy atom. The zero-order chi connectivity index (χ0) is 24.6. The maximum Gasteiger partial charge on any atom is 0.346 e. The number of thioether (sulfide) groups is 1. The summed E-state index contributed by atoms with van der Waals surface area (Å²) in [5.41, 5.74) is 0.0117. The number of hydrogen-bond donors (Lipinski definition) is 1. The number of aliphatic imine (C=N–C) groups is 1. The molecule has 1 N–H and O–H groups in total. The average Bonchev–Trinajstić information content (AvgIpc) is 3.22. The van der Waals surface area contributed by atoms with Crippen LogP contribution in [0.4, 0.5) is 4.39 Å². The highest BCUT2D eigenvalue weighted by molar-refractivity contribution is 8.42. The quantitative estimate of drug-likeness (QED) is 0.383. The van der Waals surface area contributed by atoms with Crippen LogP contribution in [0.2, 0.25) is 0 Å². The lowest BCUT2D eigenvalue weighted by Gasteiger charge is -2.20. The molecule has 0 atom stereocenters. The van der Waals surface area contributed by atoms with Crippen molar-refractivity contribution < 1.29 is 31.9 Å². The number of fused-ring (bicyclic) bond motifs is 1. The minimum absolute atomic E-state index is 0.0154. The highest BCUT2D eigenvalue weighted by Gasteiger charge is 2.38. The molecule has 1 amide bonds. The topological polar surface area (TPSA) is 139 Å². The van der Waals surface area contributed by atoms with Crippen molar-refractivity contribution in [3.8, 4) is 11.5 Å². The van der Waals surface area contributed by atoms with E-state index in [-0.39, 0.29) is 38.0 Å². The molecule has 2 aromatic rings. The average molecular weight is 503 g/mol. The summed E-state index contributed by atoms with van der Waals surface area (Å²) in [6.07, 6.45) is 2.31. The second-order valence-electron chi connectivity index (χ2n) is 6.94. The van der Waals surface area contributed by atoms with Gasteiger partial charge in [0.1, 0.15) is 5.82 Å². The molecule has 13 heteroatoms. The lowest BCUT2D eigenvalue weighted by atomic mass is 10.1. The SMILES string of the molecule is COc1cc(/C=C2\C(=N)N3N=C(S(C)(=O)=O)SC3=NC2=O)ccc1OC(=O)c1ccccc1F. The fourth-order valence-corrected chi connectivity index (χ4v) is 4.62. The Balaban J connectivity index is 1.62. The van der Waals surface area contributed by atoms with E-state index in [1.54, 1.807) is 0 Å². The van der Waals surface area contributed by atoms with E-state index < -0.39 is 27.5 Å². The molecule has 0 unspecified atom stereocenters. The minimum atomic E-state index is -3.64. The minimum Gasteiger partial charge on any atom is -0.493 e. The molecule has 4 rings (SSSR count). The van der Waals surface area contributed by atoms with Gasteiger partial charge >= 0.3 is 5.97 Å². The largest absolute Gasteiger partial charge is 0.493 e. The molecule has 2 aromatic carbocycles. The van der Waals surface area contributed by atoms with E-state index in [1.165, 1.54) is 49.6 Å². The molecule has 174 valence electrons. The number of nitrogens with zero attached hydrogens (tertiary/aromatic N) is 3. The van der Waals surface area contributed by atoms with E-state index in [9.17, 15) is 22.4 Å². The Morgan fingerprint density at radius 1 is 1.21 bits per heavy atom. The molecule has 0 aliphatic carbocycles. The summed E-state index contributed by atoms with van der Waals surface area (Å²) in [5.74, 6) is -2.62. The number of esters is 1. The Hall–Kier alpha value is -3.84. The Morgan fingerprint density at radius 2 is 1.94 bits per heavy atom. The standard InChI is InChI=1S/C21H15FN4O6S2/c1-31-16-10-11(7-8-15(16)32-19(28)12-5-3-4-6-14(12)22)9-13-17(23)26-20(24-18(13)27)33-21(25-26)34(2,29)30/h3-10,23H,1-2H3/b13-9+,23-17?. The number of amides is 1. The number of hydrazone groups is 1. The number of amidine groups is 2. The van der Waals surface area contributed by atoms with Gasteiger partial charge in [-0.05, 0) is 47.7 Å². The van der Waals surface area contributed by atoms with Crippen molar-refractivity contribution in [1.29, 1.82) is 5.41 Å². The predicted octanol–water partition coefficient (Wildman–Crippen LogP) is 2.67. The number of sulfone groups is 1. The molecule has 2 aliphatic rings. The molecule has 0 spiro atoms. The number of halogens is 1. The molecular weight excluding hydrogens is 487 g/mol. The summed E-state index contributed by atoms with van der Waals surface area (Å²) in [5, 5.41) is 13.1. The summed E-state index contributed by atoms with van der Waals surface area (Å²) < 4.78 is 47.6. The van der Waals surface area contributed by atoms with Gasteiger partial charge in [0, 0.05) is 6.26 Å². The van der Waals surface area contributed by atoms with Crippen LogP contribution in [0.25, 0.3) is 6.08 Å². The number of hydrogen-bond acceptors (Lipinski definition) is 9. The van der Waals surface area contributed by atoms with Crippen molar-refractivity contribution in [3.05, 3.63) is 65.0 Å². The first kappa shape index (κ1) is 23.3. The second kappa shape index (κ2) is 8.83. The smallest absolute Gasteiger partial charge is 0.346 e. The van der Waals surface area contributed by atoms with E-state index in [0.29, 0.717) is 17.3 Å². The number of methoxy groups -OCH3 is 1. The lowest BCUT2D eigenvalue weighted by Crippen LogP contribution is -2.35.